The lowest BCUT2D eigenvalue weighted by Crippen LogP contribution is -2.76. The summed E-state index contributed by atoms with van der Waals surface area (Å²) >= 11 is 6.12. The maximum Gasteiger partial charge on any atom is 0.287 e. The average molecular weight is 412 g/mol. The van der Waals surface area contributed by atoms with Crippen molar-refractivity contribution in [2.45, 2.75) is 19.4 Å². The summed E-state index contributed by atoms with van der Waals surface area (Å²) in [5, 5.41) is 11.9. The van der Waals surface area contributed by atoms with Crippen LogP contribution in [0.2, 0.25) is 5.22 Å². The summed E-state index contributed by atoms with van der Waals surface area (Å²) in [6, 6.07) is 4.51. The highest BCUT2D eigenvalue weighted by molar-refractivity contribution is 6.30. The van der Waals surface area contributed by atoms with Crippen LogP contribution in [0.15, 0.2) is 34.3 Å². The van der Waals surface area contributed by atoms with Gasteiger partial charge < -0.3 is 26.2 Å². The second-order valence-electron chi connectivity index (χ2n) is 6.19. The summed E-state index contributed by atoms with van der Waals surface area (Å²) in [6.07, 6.45) is 1.41. The Labute approximate surface area is 166 Å². The molecule has 0 aliphatic rings. The fraction of sp³-hybridized carbons (Fsp3) is 0.263. The van der Waals surface area contributed by atoms with Gasteiger partial charge in [0.05, 0.1) is 12.6 Å². The molecule has 2 rings (SSSR count). The van der Waals surface area contributed by atoms with Crippen LogP contribution in [-0.2, 0) is 6.42 Å². The molecule has 28 heavy (non-hydrogen) atoms. The maximum absolute atomic E-state index is 13.4. The Kier molecular flexibility index (Phi) is 7.45. The van der Waals surface area contributed by atoms with Gasteiger partial charge in [-0.3, -0.25) is 4.79 Å². The van der Waals surface area contributed by atoms with Crippen molar-refractivity contribution in [2.24, 2.45) is 5.73 Å². The van der Waals surface area contributed by atoms with E-state index in [2.05, 4.69) is 5.32 Å². The van der Waals surface area contributed by atoms with E-state index in [1.165, 1.54) is 18.3 Å². The molecule has 0 spiro atoms. The maximum atomic E-state index is 13.4. The van der Waals surface area contributed by atoms with Crippen LogP contribution in [0.5, 0.6) is 0 Å². The van der Waals surface area contributed by atoms with Crippen molar-refractivity contribution >= 4 is 29.4 Å². The first-order chi connectivity index (χ1) is 13.3. The van der Waals surface area contributed by atoms with E-state index in [0.29, 0.717) is 22.4 Å². The van der Waals surface area contributed by atoms with Gasteiger partial charge in [0.2, 0.25) is 5.22 Å². The van der Waals surface area contributed by atoms with E-state index in [1.807, 2.05) is 0 Å². The Hall–Kier alpha value is -2.55. The van der Waals surface area contributed by atoms with Crippen LogP contribution in [-0.4, -0.2) is 31.8 Å². The molecule has 0 saturated heterocycles. The number of amides is 1. The van der Waals surface area contributed by atoms with Crippen molar-refractivity contribution in [3.05, 3.63) is 63.6 Å². The van der Waals surface area contributed by atoms with Crippen LogP contribution in [0.4, 0.5) is 8.78 Å². The van der Waals surface area contributed by atoms with Gasteiger partial charge in [0, 0.05) is 30.4 Å². The Morgan fingerprint density at radius 2 is 2.11 bits per heavy atom. The molecule has 1 aromatic heterocycles. The molecule has 1 amide bonds. The molecular formula is C19H22ClF2N4O2+. The standard InChI is InChI=1S/C19H21ClF2N4O2/c1-10(8-23)17(25-2)13-7-16(28-18(13)20)19(27)26-12(9-24)5-11-3-4-14(21)15(22)6-11/h3-4,6-8,12,23,25H,5,9,24H2,1-2H3,(H,26,27)/p+1. The Morgan fingerprint density at radius 1 is 1.39 bits per heavy atom. The van der Waals surface area contributed by atoms with Gasteiger partial charge in [-0.15, -0.1) is 0 Å². The summed E-state index contributed by atoms with van der Waals surface area (Å²) < 4.78 is 31.8. The van der Waals surface area contributed by atoms with E-state index in [-0.39, 0.29) is 23.9 Å². The summed E-state index contributed by atoms with van der Waals surface area (Å²) in [4.78, 5) is 12.5. The number of furan rings is 1. The predicted molar refractivity (Wildman–Crippen MR) is 103 cm³/mol. The molecule has 1 unspecified atom stereocenters. The van der Waals surface area contributed by atoms with Crippen LogP contribution in [0.25, 0.3) is 5.70 Å². The van der Waals surface area contributed by atoms with Crippen LogP contribution in [0.1, 0.15) is 28.6 Å². The molecular weight excluding hydrogens is 390 g/mol. The van der Waals surface area contributed by atoms with Gasteiger partial charge in [-0.05, 0) is 42.6 Å². The molecule has 0 radical (unpaired) electrons. The molecule has 0 fully saturated rings. The van der Waals surface area contributed by atoms with Gasteiger partial charge in [-0.1, -0.05) is 6.07 Å². The first kappa shape index (κ1) is 21.7. The second-order valence-corrected chi connectivity index (χ2v) is 6.53. The third kappa shape index (κ3) is 5.03. The molecule has 9 heteroatoms. The highest BCUT2D eigenvalue weighted by Crippen LogP contribution is 2.26. The molecule has 1 aromatic carbocycles. The third-order valence-electron chi connectivity index (χ3n) is 4.22. The summed E-state index contributed by atoms with van der Waals surface area (Å²) in [5.41, 5.74) is 8.04. The minimum Gasteiger partial charge on any atom is -0.439 e. The van der Waals surface area contributed by atoms with Crippen molar-refractivity contribution in [1.29, 1.82) is 5.41 Å². The lowest BCUT2D eigenvalue weighted by atomic mass is 10.1. The average Bonchev–Trinajstić information content (AvgIpc) is 3.06. The largest absolute Gasteiger partial charge is 0.439 e. The number of carbonyl (C=O) groups is 1. The van der Waals surface area contributed by atoms with E-state index >= 15 is 0 Å². The van der Waals surface area contributed by atoms with Crippen molar-refractivity contribution in [3.8, 4) is 0 Å². The number of benzene rings is 1. The topological polar surface area (TPSA) is 109 Å². The lowest BCUT2D eigenvalue weighted by molar-refractivity contribution is -0.530. The zero-order valence-electron chi connectivity index (χ0n) is 15.5. The van der Waals surface area contributed by atoms with E-state index < -0.39 is 23.6 Å². The van der Waals surface area contributed by atoms with Gasteiger partial charge in [0.1, 0.15) is 5.70 Å². The van der Waals surface area contributed by atoms with Gasteiger partial charge >= 0.3 is 0 Å². The Balaban J connectivity index is 2.18. The van der Waals surface area contributed by atoms with Crippen molar-refractivity contribution in [2.75, 3.05) is 13.6 Å². The molecule has 0 aliphatic carbocycles. The second kappa shape index (κ2) is 9.59. The van der Waals surface area contributed by atoms with E-state index in [9.17, 15) is 13.6 Å². The fourth-order valence-electron chi connectivity index (χ4n) is 2.74. The summed E-state index contributed by atoms with van der Waals surface area (Å²) in [7, 11) is 1.79. The van der Waals surface area contributed by atoms with Crippen molar-refractivity contribution in [3.63, 3.8) is 0 Å². The number of halogens is 3. The molecule has 6 nitrogen and oxygen atoms in total. The minimum atomic E-state index is -0.959. The number of nitrogens with one attached hydrogen (secondary N) is 2. The zero-order chi connectivity index (χ0) is 20.8. The van der Waals surface area contributed by atoms with Crippen LogP contribution < -0.4 is 16.4 Å². The number of rotatable bonds is 8. The Bertz CT molecular complexity index is 911. The van der Waals surface area contributed by atoms with E-state index in [4.69, 9.17) is 27.2 Å². The predicted octanol–water partition coefficient (Wildman–Crippen LogP) is 2.08. The van der Waals surface area contributed by atoms with Gasteiger partial charge in [0.15, 0.2) is 17.4 Å². The number of hydrogen-bond acceptors (Lipinski definition) is 4. The Morgan fingerprint density at radius 3 is 2.68 bits per heavy atom. The number of nitrogens with two attached hydrogens (primary N) is 2. The smallest absolute Gasteiger partial charge is 0.287 e. The molecule has 2 aromatic rings. The van der Waals surface area contributed by atoms with E-state index in [1.54, 1.807) is 19.3 Å². The summed E-state index contributed by atoms with van der Waals surface area (Å²) in [6.45, 7) is 1.84. The quantitative estimate of drug-likeness (QED) is 0.499. The van der Waals surface area contributed by atoms with Gasteiger partial charge in [0.25, 0.3) is 5.91 Å². The molecule has 0 bridgehead atoms. The number of hydrogen-bond donors (Lipinski definition) is 4. The molecule has 1 heterocycles. The monoisotopic (exact) mass is 411 g/mol. The first-order valence-electron chi connectivity index (χ1n) is 8.56. The van der Waals surface area contributed by atoms with Crippen molar-refractivity contribution in [1.82, 2.24) is 5.32 Å². The van der Waals surface area contributed by atoms with Crippen LogP contribution in [0, 0.1) is 17.0 Å². The van der Waals surface area contributed by atoms with Crippen molar-refractivity contribution < 1.29 is 23.3 Å². The van der Waals surface area contributed by atoms with E-state index in [0.717, 1.165) is 12.1 Å². The SMILES string of the molecule is C[NH2+]C(=C(C)C=N)c1cc(C(=O)NC(CN)Cc2ccc(F)c(F)c2)oc1Cl. The molecule has 150 valence electrons. The molecule has 6 N–H and O–H groups in total. The van der Waals surface area contributed by atoms with Crippen LogP contribution >= 0.6 is 11.6 Å². The minimum absolute atomic E-state index is 0.0131. The third-order valence-corrected chi connectivity index (χ3v) is 4.50. The lowest BCUT2D eigenvalue weighted by Gasteiger charge is -2.16. The highest BCUT2D eigenvalue weighted by atomic mass is 35.5. The molecule has 0 aliphatic heterocycles. The normalized spacial score (nSPS) is 13.1. The summed E-state index contributed by atoms with van der Waals surface area (Å²) in [5.74, 6) is -2.44. The highest BCUT2D eigenvalue weighted by Gasteiger charge is 2.23. The number of allylic oxidation sites excluding steroid dienone is 1. The molecule has 1 atom stereocenters. The first-order valence-corrected chi connectivity index (χ1v) is 8.93. The number of carbonyl (C=O) groups excluding carboxylic acids is 1. The van der Waals surface area contributed by atoms with Gasteiger partial charge in [-0.25, -0.2) is 8.78 Å². The number of quaternary nitrogens is 1. The molecule has 0 saturated carbocycles. The van der Waals surface area contributed by atoms with Gasteiger partial charge in [-0.2, -0.15) is 0 Å². The van der Waals surface area contributed by atoms with Crippen LogP contribution in [0.3, 0.4) is 0 Å². The zero-order valence-corrected chi connectivity index (χ0v) is 16.2. The fourth-order valence-corrected chi connectivity index (χ4v) is 2.98.